The molecule has 0 fully saturated rings. The van der Waals surface area contributed by atoms with Crippen molar-refractivity contribution in [2.24, 2.45) is 0 Å². The first kappa shape index (κ1) is 15.0. The van der Waals surface area contributed by atoms with Crippen LogP contribution in [0, 0.1) is 21.7 Å². The number of benzene rings is 1. The van der Waals surface area contributed by atoms with Gasteiger partial charge >= 0.3 is 5.69 Å². The molecule has 1 N–H and O–H groups in total. The van der Waals surface area contributed by atoms with Crippen molar-refractivity contribution >= 4 is 5.69 Å². The Bertz CT molecular complexity index is 673. The van der Waals surface area contributed by atoms with Crippen LogP contribution in [0.1, 0.15) is 19.7 Å². The predicted molar refractivity (Wildman–Crippen MR) is 68.3 cm³/mol. The fourth-order valence-electron chi connectivity index (χ4n) is 1.60. The van der Waals surface area contributed by atoms with E-state index in [-0.39, 0.29) is 18.4 Å². The Balaban J connectivity index is 2.38. The number of hydrogen-bond donors (Lipinski definition) is 1. The molecule has 0 bridgehead atoms. The van der Waals surface area contributed by atoms with Gasteiger partial charge in [-0.05, 0) is 6.07 Å². The number of halogens is 2. The van der Waals surface area contributed by atoms with Crippen LogP contribution < -0.4 is 5.32 Å². The van der Waals surface area contributed by atoms with Gasteiger partial charge in [0.25, 0.3) is 5.89 Å². The summed E-state index contributed by atoms with van der Waals surface area (Å²) in [5.74, 6) is -2.59. The van der Waals surface area contributed by atoms with Crippen molar-refractivity contribution < 1.29 is 18.2 Å². The van der Waals surface area contributed by atoms with Gasteiger partial charge in [-0.1, -0.05) is 19.0 Å². The van der Waals surface area contributed by atoms with Crippen molar-refractivity contribution in [3.8, 4) is 11.5 Å². The zero-order chi connectivity index (χ0) is 15.6. The molecule has 0 amide bonds. The van der Waals surface area contributed by atoms with E-state index in [1.807, 2.05) is 13.8 Å². The van der Waals surface area contributed by atoms with Gasteiger partial charge in [0.15, 0.2) is 5.82 Å². The molecule has 0 saturated carbocycles. The van der Waals surface area contributed by atoms with E-state index in [0.29, 0.717) is 0 Å². The van der Waals surface area contributed by atoms with Crippen molar-refractivity contribution in [1.82, 2.24) is 15.5 Å². The van der Waals surface area contributed by atoms with Gasteiger partial charge in [-0.3, -0.25) is 10.1 Å². The molecule has 0 radical (unpaired) electrons. The monoisotopic (exact) mass is 298 g/mol. The maximum atomic E-state index is 14.0. The van der Waals surface area contributed by atoms with Crippen LogP contribution in [-0.2, 0) is 6.54 Å². The van der Waals surface area contributed by atoms with Crippen LogP contribution in [0.4, 0.5) is 14.5 Å². The highest BCUT2D eigenvalue weighted by Gasteiger charge is 2.26. The molecule has 0 aliphatic heterocycles. The molecule has 0 unspecified atom stereocenters. The molecule has 1 heterocycles. The Labute approximate surface area is 118 Å². The zero-order valence-electron chi connectivity index (χ0n) is 11.3. The Morgan fingerprint density at radius 2 is 2.14 bits per heavy atom. The third kappa shape index (κ3) is 3.19. The summed E-state index contributed by atoms with van der Waals surface area (Å²) in [6.45, 7) is 4.06. The molecular weight excluding hydrogens is 286 g/mol. The first-order valence-electron chi connectivity index (χ1n) is 6.09. The smallest absolute Gasteiger partial charge is 0.305 e. The molecule has 21 heavy (non-hydrogen) atoms. The molecule has 0 spiro atoms. The van der Waals surface area contributed by atoms with Crippen LogP contribution >= 0.6 is 0 Å². The van der Waals surface area contributed by atoms with E-state index in [9.17, 15) is 18.9 Å². The van der Waals surface area contributed by atoms with Crippen molar-refractivity contribution in [1.29, 1.82) is 0 Å². The average Bonchev–Trinajstić information content (AvgIpc) is 2.84. The first-order valence-corrected chi connectivity index (χ1v) is 6.09. The van der Waals surface area contributed by atoms with Gasteiger partial charge in [-0.25, -0.2) is 4.39 Å². The Kier molecular flexibility index (Phi) is 4.22. The Morgan fingerprint density at radius 3 is 2.76 bits per heavy atom. The van der Waals surface area contributed by atoms with Crippen LogP contribution in [0.3, 0.4) is 0 Å². The minimum absolute atomic E-state index is 0.165. The van der Waals surface area contributed by atoms with Crippen molar-refractivity contribution in [2.75, 3.05) is 0 Å². The van der Waals surface area contributed by atoms with Gasteiger partial charge in [-0.15, -0.1) is 0 Å². The van der Waals surface area contributed by atoms with Crippen LogP contribution in [0.25, 0.3) is 11.5 Å². The molecule has 0 saturated heterocycles. The lowest BCUT2D eigenvalue weighted by Gasteiger charge is -2.03. The second-order valence-corrected chi connectivity index (χ2v) is 4.56. The largest absolute Gasteiger partial charge is 0.334 e. The van der Waals surface area contributed by atoms with Crippen molar-refractivity contribution in [2.45, 2.75) is 26.4 Å². The number of hydrogen-bond acceptors (Lipinski definition) is 6. The SMILES string of the molecule is CC(C)NCc1noc(-c2c(F)ccc([N+](=O)[O-])c2F)n1. The topological polar surface area (TPSA) is 94.1 Å². The van der Waals surface area contributed by atoms with E-state index in [0.717, 1.165) is 12.1 Å². The van der Waals surface area contributed by atoms with Gasteiger partial charge < -0.3 is 9.84 Å². The second kappa shape index (κ2) is 5.92. The number of nitrogens with zero attached hydrogens (tertiary/aromatic N) is 3. The lowest BCUT2D eigenvalue weighted by Crippen LogP contribution is -2.22. The summed E-state index contributed by atoms with van der Waals surface area (Å²) in [4.78, 5) is 13.5. The maximum Gasteiger partial charge on any atom is 0.305 e. The van der Waals surface area contributed by atoms with Crippen LogP contribution in [0.15, 0.2) is 16.7 Å². The molecule has 0 aliphatic rings. The first-order chi connectivity index (χ1) is 9.90. The normalized spacial score (nSPS) is 11.1. The van der Waals surface area contributed by atoms with E-state index in [1.165, 1.54) is 0 Å². The minimum Gasteiger partial charge on any atom is -0.334 e. The standard InChI is InChI=1S/C12H12F2N4O3/c1-6(2)15-5-9-16-12(21-17-9)10-7(13)3-4-8(11(10)14)18(19)20/h3-4,6,15H,5H2,1-2H3. The van der Waals surface area contributed by atoms with E-state index in [1.54, 1.807) is 0 Å². The average molecular weight is 298 g/mol. The van der Waals surface area contributed by atoms with E-state index in [2.05, 4.69) is 15.5 Å². The fourth-order valence-corrected chi connectivity index (χ4v) is 1.60. The summed E-state index contributed by atoms with van der Waals surface area (Å²) < 4.78 is 32.4. The van der Waals surface area contributed by atoms with E-state index in [4.69, 9.17) is 4.52 Å². The molecule has 2 aromatic rings. The molecule has 0 atom stereocenters. The highest BCUT2D eigenvalue weighted by atomic mass is 19.1. The van der Waals surface area contributed by atoms with Crippen molar-refractivity contribution in [3.63, 3.8) is 0 Å². The third-order valence-electron chi connectivity index (χ3n) is 2.62. The molecule has 1 aromatic carbocycles. The van der Waals surface area contributed by atoms with Gasteiger partial charge in [-0.2, -0.15) is 9.37 Å². The molecule has 0 aliphatic carbocycles. The third-order valence-corrected chi connectivity index (χ3v) is 2.62. The summed E-state index contributed by atoms with van der Waals surface area (Å²) >= 11 is 0. The Hall–Kier alpha value is -2.42. The summed E-state index contributed by atoms with van der Waals surface area (Å²) in [5.41, 5.74) is -1.56. The molecular formula is C12H12F2N4O3. The number of rotatable bonds is 5. The van der Waals surface area contributed by atoms with E-state index < -0.39 is 33.7 Å². The molecule has 7 nitrogen and oxygen atoms in total. The molecule has 2 rings (SSSR count). The maximum absolute atomic E-state index is 14.0. The van der Waals surface area contributed by atoms with Gasteiger partial charge in [0, 0.05) is 12.1 Å². The number of nitro benzene ring substituents is 1. The van der Waals surface area contributed by atoms with Crippen LogP contribution in [0.5, 0.6) is 0 Å². The van der Waals surface area contributed by atoms with Gasteiger partial charge in [0.05, 0.1) is 11.5 Å². The summed E-state index contributed by atoms with van der Waals surface area (Å²) in [5, 5.41) is 17.2. The zero-order valence-corrected chi connectivity index (χ0v) is 11.3. The van der Waals surface area contributed by atoms with Crippen molar-refractivity contribution in [3.05, 3.63) is 39.7 Å². The highest BCUT2D eigenvalue weighted by molar-refractivity contribution is 5.60. The molecule has 1 aromatic heterocycles. The number of nitrogens with one attached hydrogen (secondary N) is 1. The predicted octanol–water partition coefficient (Wildman–Crippen LogP) is 2.42. The van der Waals surface area contributed by atoms with Crippen LogP contribution in [0.2, 0.25) is 0 Å². The lowest BCUT2D eigenvalue weighted by atomic mass is 10.1. The number of nitro groups is 1. The van der Waals surface area contributed by atoms with Crippen LogP contribution in [-0.4, -0.2) is 21.1 Å². The lowest BCUT2D eigenvalue weighted by molar-refractivity contribution is -0.387. The Morgan fingerprint density at radius 1 is 1.43 bits per heavy atom. The van der Waals surface area contributed by atoms with Gasteiger partial charge in [0.2, 0.25) is 5.82 Å². The highest BCUT2D eigenvalue weighted by Crippen LogP contribution is 2.30. The molecule has 112 valence electrons. The summed E-state index contributed by atoms with van der Waals surface area (Å²) in [6, 6.07) is 1.69. The quantitative estimate of drug-likeness (QED) is 0.673. The summed E-state index contributed by atoms with van der Waals surface area (Å²) in [6.07, 6.45) is 0. The molecule has 9 heteroatoms. The fraction of sp³-hybridized carbons (Fsp3) is 0.333. The van der Waals surface area contributed by atoms with E-state index >= 15 is 0 Å². The second-order valence-electron chi connectivity index (χ2n) is 4.56. The minimum atomic E-state index is -1.34. The number of aromatic nitrogens is 2. The van der Waals surface area contributed by atoms with Gasteiger partial charge in [0.1, 0.15) is 11.4 Å². The summed E-state index contributed by atoms with van der Waals surface area (Å²) in [7, 11) is 0.